The van der Waals surface area contributed by atoms with Crippen LogP contribution in [0.4, 0.5) is 0 Å². The van der Waals surface area contributed by atoms with Crippen molar-refractivity contribution in [2.75, 3.05) is 0 Å². The van der Waals surface area contributed by atoms with Gasteiger partial charge in [0.05, 0.1) is 13.1 Å². The third kappa shape index (κ3) is 28.1. The summed E-state index contributed by atoms with van der Waals surface area (Å²) in [6.07, 6.45) is 29.4. The van der Waals surface area contributed by atoms with Gasteiger partial charge in [-0.2, -0.15) is 0 Å². The molecule has 0 aliphatic heterocycles. The van der Waals surface area contributed by atoms with Gasteiger partial charge in [0.2, 0.25) is 0 Å². The number of unbranched alkanes of at least 4 members (excludes halogenated alkanes) is 10. The Labute approximate surface area is 270 Å². The van der Waals surface area contributed by atoms with Crippen LogP contribution in [0.15, 0.2) is 24.8 Å². The molecule has 0 amide bonds. The van der Waals surface area contributed by atoms with Crippen LogP contribution in [0.3, 0.4) is 0 Å². The Hall–Kier alpha value is -2.64. The largest absolute Gasteiger partial charge is 0.550 e. The summed E-state index contributed by atoms with van der Waals surface area (Å²) in [6, 6.07) is 0. The number of carbonyl (C=O) groups is 2. The van der Waals surface area contributed by atoms with E-state index in [1.807, 2.05) is 12.4 Å². The number of aryl methyl sites for hydroxylation is 4. The molecule has 2 aromatic rings. The molecule has 0 saturated carbocycles. The molecule has 44 heavy (non-hydrogen) atoms. The second-order valence-electron chi connectivity index (χ2n) is 11.5. The number of aromatic nitrogens is 4. The van der Waals surface area contributed by atoms with Crippen LogP contribution in [-0.4, -0.2) is 21.9 Å². The summed E-state index contributed by atoms with van der Waals surface area (Å²) in [4.78, 5) is 26.4. The highest BCUT2D eigenvalue weighted by molar-refractivity contribution is 5.64. The van der Waals surface area contributed by atoms with Crippen LogP contribution in [0, 0.1) is 0 Å². The van der Waals surface area contributed by atoms with Gasteiger partial charge in [0.25, 0.3) is 11.6 Å². The molecule has 2 heterocycles. The number of hydrogen-bond donors (Lipinski definition) is 2. The summed E-state index contributed by atoms with van der Waals surface area (Å²) in [5.74, 6) is 0.901. The van der Waals surface area contributed by atoms with Crippen LogP contribution in [0.2, 0.25) is 0 Å². The lowest BCUT2D eigenvalue weighted by Crippen LogP contribution is -2.35. The van der Waals surface area contributed by atoms with Crippen LogP contribution in [0.25, 0.3) is 0 Å². The Morgan fingerprint density at radius 1 is 0.523 bits per heavy atom. The van der Waals surface area contributed by atoms with E-state index in [1.165, 1.54) is 88.8 Å². The van der Waals surface area contributed by atoms with Crippen molar-refractivity contribution in [1.82, 2.24) is 9.97 Å². The van der Waals surface area contributed by atoms with E-state index >= 15 is 0 Å². The van der Waals surface area contributed by atoms with Crippen molar-refractivity contribution in [2.24, 2.45) is 0 Å². The van der Waals surface area contributed by atoms with Crippen molar-refractivity contribution in [3.8, 4) is 0 Å². The minimum atomic E-state index is -0.920. The highest BCUT2D eigenvalue weighted by Crippen LogP contribution is 2.04. The number of carbonyl (C=O) groups excluding carboxylic acids is 2. The Kier molecular flexibility index (Phi) is 32.9. The average molecular weight is 621 g/mol. The van der Waals surface area contributed by atoms with Gasteiger partial charge in [-0.1, -0.05) is 106 Å². The Balaban J connectivity index is 0. The highest BCUT2D eigenvalue weighted by Gasteiger charge is 2.08. The van der Waals surface area contributed by atoms with E-state index in [4.69, 9.17) is 0 Å². The van der Waals surface area contributed by atoms with Crippen LogP contribution < -0.4 is 19.3 Å². The third-order valence-electron chi connectivity index (χ3n) is 7.14. The molecule has 0 aliphatic rings. The first-order valence-electron chi connectivity index (χ1n) is 17.8. The number of imidazole rings is 2. The normalized spacial score (nSPS) is 10.1. The molecule has 0 aliphatic carbocycles. The van der Waals surface area contributed by atoms with Gasteiger partial charge < -0.3 is 19.8 Å². The molecule has 0 radical (unpaired) electrons. The number of aliphatic carboxylic acids is 2. The molecular formula is C36H68N4O4. The number of aromatic amines is 2. The fourth-order valence-electron chi connectivity index (χ4n) is 4.54. The fraction of sp³-hybridized carbons (Fsp3) is 0.778. The van der Waals surface area contributed by atoms with E-state index in [0.717, 1.165) is 51.5 Å². The predicted molar refractivity (Wildman–Crippen MR) is 177 cm³/mol. The number of carboxylic acid groups (broad SMARTS) is 2. The van der Waals surface area contributed by atoms with E-state index in [2.05, 4.69) is 73.0 Å². The molecule has 8 nitrogen and oxygen atoms in total. The van der Waals surface area contributed by atoms with Gasteiger partial charge in [0, 0.05) is 24.8 Å². The molecule has 0 fully saturated rings. The standard InChI is InChI=1S/C11H20N2.C9H16N2.2C8H16O2/c1-3-5-7-11-12-8-10-13(11)9-6-4-2;1-3-5-9-10-6-8-11(9)7-4-2;2*1-2-3-4-5-6-7-8(9)10/h8,10H,3-7,9H2,1-2H3;6,8H,3-5,7H2,1-2H3;2*2-7H2,1H3,(H,9,10). The van der Waals surface area contributed by atoms with Crippen molar-refractivity contribution in [2.45, 2.75) is 183 Å². The van der Waals surface area contributed by atoms with Gasteiger partial charge >= 0.3 is 0 Å². The topological polar surface area (TPSA) is 120 Å². The van der Waals surface area contributed by atoms with Crippen molar-refractivity contribution >= 4 is 11.9 Å². The van der Waals surface area contributed by atoms with E-state index in [-0.39, 0.29) is 12.8 Å². The molecule has 2 rings (SSSR count). The number of nitrogens with one attached hydrogen (secondary N) is 2. The van der Waals surface area contributed by atoms with Gasteiger partial charge in [-0.3, -0.25) is 0 Å². The van der Waals surface area contributed by atoms with Crippen LogP contribution >= 0.6 is 0 Å². The molecule has 0 unspecified atom stereocenters. The van der Waals surface area contributed by atoms with Gasteiger partial charge in [-0.25, -0.2) is 19.1 Å². The first kappa shape index (κ1) is 43.5. The van der Waals surface area contributed by atoms with E-state index in [9.17, 15) is 19.8 Å². The number of H-pyrrole nitrogens is 2. The minimum Gasteiger partial charge on any atom is -0.550 e. The van der Waals surface area contributed by atoms with Crippen LogP contribution in [-0.2, 0) is 35.5 Å². The minimum absolute atomic E-state index is 0.226. The molecule has 8 heteroatoms. The van der Waals surface area contributed by atoms with Crippen LogP contribution in [0.1, 0.15) is 169 Å². The second-order valence-corrected chi connectivity index (χ2v) is 11.5. The molecule has 0 spiro atoms. The van der Waals surface area contributed by atoms with Gasteiger partial charge in [0.1, 0.15) is 24.8 Å². The summed E-state index contributed by atoms with van der Waals surface area (Å²) < 4.78 is 4.64. The SMILES string of the molecule is CCCCCCCC(=O)[O-].CCCCCCCC(=O)[O-].CCCCc1[nH]cc[n+]1CCCC.CCCc1[nH]cc[n+]1CCC. The first-order valence-corrected chi connectivity index (χ1v) is 17.8. The first-order chi connectivity index (χ1) is 21.3. The van der Waals surface area contributed by atoms with E-state index in [1.54, 1.807) is 0 Å². The number of rotatable bonds is 22. The zero-order valence-electron chi connectivity index (χ0n) is 29.4. The zero-order valence-corrected chi connectivity index (χ0v) is 29.4. The van der Waals surface area contributed by atoms with E-state index < -0.39 is 11.9 Å². The lowest BCUT2D eigenvalue weighted by molar-refractivity contribution is -0.703. The molecule has 0 aromatic carbocycles. The summed E-state index contributed by atoms with van der Waals surface area (Å²) in [5.41, 5.74) is 0. The molecule has 0 bridgehead atoms. The second kappa shape index (κ2) is 33.3. The Bertz CT molecular complexity index is 827. The van der Waals surface area contributed by atoms with Crippen molar-refractivity contribution in [3.63, 3.8) is 0 Å². The Morgan fingerprint density at radius 3 is 1.36 bits per heavy atom. The Morgan fingerprint density at radius 2 is 0.955 bits per heavy atom. The number of hydrogen-bond acceptors (Lipinski definition) is 4. The molecule has 2 N–H and O–H groups in total. The van der Waals surface area contributed by atoms with Gasteiger partial charge in [-0.15, -0.1) is 0 Å². The predicted octanol–water partition coefficient (Wildman–Crippen LogP) is 6.30. The highest BCUT2D eigenvalue weighted by atomic mass is 16.4. The number of nitrogens with zero attached hydrogens (tertiary/aromatic N) is 2. The fourth-order valence-corrected chi connectivity index (χ4v) is 4.54. The molecular weight excluding hydrogens is 552 g/mol. The average Bonchev–Trinajstić information content (AvgIpc) is 3.65. The summed E-state index contributed by atoms with van der Waals surface area (Å²) in [7, 11) is 0. The van der Waals surface area contributed by atoms with Crippen molar-refractivity contribution < 1.29 is 28.9 Å². The quantitative estimate of drug-likeness (QED) is 0.119. The lowest BCUT2D eigenvalue weighted by Gasteiger charge is -2.00. The van der Waals surface area contributed by atoms with Gasteiger partial charge in [0.15, 0.2) is 0 Å². The molecule has 2 aromatic heterocycles. The summed E-state index contributed by atoms with van der Waals surface area (Å²) in [6.45, 7) is 15.5. The van der Waals surface area contributed by atoms with Crippen LogP contribution in [0.5, 0.6) is 0 Å². The zero-order chi connectivity index (χ0) is 33.3. The van der Waals surface area contributed by atoms with Gasteiger partial charge in [-0.05, 0) is 51.4 Å². The molecule has 256 valence electrons. The van der Waals surface area contributed by atoms with E-state index in [0.29, 0.717) is 0 Å². The summed E-state index contributed by atoms with van der Waals surface area (Å²) >= 11 is 0. The maximum Gasteiger partial charge on any atom is 0.254 e. The third-order valence-corrected chi connectivity index (χ3v) is 7.14. The smallest absolute Gasteiger partial charge is 0.254 e. The maximum absolute atomic E-state index is 9.92. The van der Waals surface area contributed by atoms with Crippen molar-refractivity contribution in [1.29, 1.82) is 0 Å². The molecule has 0 saturated heterocycles. The summed E-state index contributed by atoms with van der Waals surface area (Å²) in [5, 5.41) is 19.8. The monoisotopic (exact) mass is 621 g/mol. The lowest BCUT2D eigenvalue weighted by atomic mass is 10.1. The van der Waals surface area contributed by atoms with Crippen molar-refractivity contribution in [3.05, 3.63) is 36.4 Å². The number of carboxylic acids is 2. The molecule has 0 atom stereocenters. The maximum atomic E-state index is 9.92.